The van der Waals surface area contributed by atoms with Crippen LogP contribution in [-0.2, 0) is 9.53 Å². The molecule has 26 heavy (non-hydrogen) atoms. The van der Waals surface area contributed by atoms with E-state index in [4.69, 9.17) is 4.74 Å². The Morgan fingerprint density at radius 3 is 2.38 bits per heavy atom. The van der Waals surface area contributed by atoms with Crippen molar-refractivity contribution in [2.75, 3.05) is 44.3 Å². The fraction of sp³-hybridized carbons (Fsp3) is 0.450. The summed E-state index contributed by atoms with van der Waals surface area (Å²) < 4.78 is 5.25. The molecule has 2 unspecified atom stereocenters. The molecule has 2 saturated heterocycles. The number of hydrogen-bond donors (Lipinski definition) is 0. The van der Waals surface area contributed by atoms with Crippen molar-refractivity contribution in [2.45, 2.75) is 6.92 Å². The summed E-state index contributed by atoms with van der Waals surface area (Å²) in [6, 6.07) is 14.2. The van der Waals surface area contributed by atoms with Gasteiger partial charge in [0, 0.05) is 50.2 Å². The first-order valence-corrected chi connectivity index (χ1v) is 9.24. The topological polar surface area (TPSA) is 58.6 Å². The number of aromatic nitrogens is 2. The molecule has 2 fully saturated rings. The van der Waals surface area contributed by atoms with E-state index in [1.165, 1.54) is 0 Å². The van der Waals surface area contributed by atoms with Crippen molar-refractivity contribution in [3.63, 3.8) is 0 Å². The third kappa shape index (κ3) is 3.42. The molecule has 2 aliphatic heterocycles. The van der Waals surface area contributed by atoms with Gasteiger partial charge < -0.3 is 14.5 Å². The minimum atomic E-state index is 0.111. The number of likely N-dealkylation sites (tertiary alicyclic amines) is 1. The Balaban J connectivity index is 1.36. The van der Waals surface area contributed by atoms with Gasteiger partial charge in [0.25, 0.3) is 0 Å². The maximum absolute atomic E-state index is 12.1. The third-order valence-electron chi connectivity index (χ3n) is 5.31. The Kier molecular flexibility index (Phi) is 4.84. The van der Waals surface area contributed by atoms with Gasteiger partial charge in [-0.1, -0.05) is 30.3 Å². The van der Waals surface area contributed by atoms with Gasteiger partial charge in [-0.3, -0.25) is 4.79 Å². The molecule has 0 saturated carbocycles. The van der Waals surface area contributed by atoms with Crippen LogP contribution in [0, 0.1) is 11.8 Å². The molecule has 0 bridgehead atoms. The molecule has 0 aliphatic carbocycles. The predicted molar refractivity (Wildman–Crippen MR) is 99.7 cm³/mol. The van der Waals surface area contributed by atoms with E-state index in [9.17, 15) is 4.79 Å². The van der Waals surface area contributed by atoms with Crippen molar-refractivity contribution < 1.29 is 9.53 Å². The van der Waals surface area contributed by atoms with Crippen LogP contribution in [0.25, 0.3) is 11.3 Å². The Hall–Kier alpha value is -2.47. The molecule has 6 nitrogen and oxygen atoms in total. The fourth-order valence-corrected chi connectivity index (χ4v) is 3.92. The van der Waals surface area contributed by atoms with Crippen LogP contribution in [0.2, 0.25) is 0 Å². The quantitative estimate of drug-likeness (QED) is 0.825. The second kappa shape index (κ2) is 7.41. The summed E-state index contributed by atoms with van der Waals surface area (Å²) in [5.41, 5.74) is 1.97. The first-order chi connectivity index (χ1) is 12.7. The summed E-state index contributed by atoms with van der Waals surface area (Å²) in [5, 5.41) is 8.83. The fourth-order valence-electron chi connectivity index (χ4n) is 3.92. The molecule has 1 aromatic heterocycles. The number of carbonyl (C=O) groups excluding carboxylic acids is 1. The van der Waals surface area contributed by atoms with Gasteiger partial charge in [0.2, 0.25) is 5.91 Å². The SMILES string of the molecule is CCOCC(=O)N1CC2CN(c3ccc(-c4ccccc4)nn3)CC2C1. The van der Waals surface area contributed by atoms with E-state index in [1.807, 2.05) is 54.3 Å². The zero-order chi connectivity index (χ0) is 17.9. The van der Waals surface area contributed by atoms with Crippen LogP contribution in [0.1, 0.15) is 6.92 Å². The van der Waals surface area contributed by atoms with Gasteiger partial charge in [-0.15, -0.1) is 10.2 Å². The number of ether oxygens (including phenoxy) is 1. The lowest BCUT2D eigenvalue weighted by atomic mass is 10.0. The lowest BCUT2D eigenvalue weighted by molar-refractivity contribution is -0.135. The number of benzene rings is 1. The summed E-state index contributed by atoms with van der Waals surface area (Å²) in [5.74, 6) is 2.05. The van der Waals surface area contributed by atoms with Gasteiger partial charge in [-0.05, 0) is 19.1 Å². The van der Waals surface area contributed by atoms with Crippen molar-refractivity contribution in [3.05, 3.63) is 42.5 Å². The van der Waals surface area contributed by atoms with E-state index in [0.29, 0.717) is 18.4 Å². The number of rotatable bonds is 5. The highest BCUT2D eigenvalue weighted by molar-refractivity contribution is 5.77. The van der Waals surface area contributed by atoms with Gasteiger partial charge in [-0.2, -0.15) is 0 Å². The van der Waals surface area contributed by atoms with Gasteiger partial charge in [-0.25, -0.2) is 0 Å². The first kappa shape index (κ1) is 17.0. The van der Waals surface area contributed by atoms with Crippen molar-refractivity contribution in [2.24, 2.45) is 11.8 Å². The van der Waals surface area contributed by atoms with E-state index >= 15 is 0 Å². The third-order valence-corrected chi connectivity index (χ3v) is 5.31. The van der Waals surface area contributed by atoms with Gasteiger partial charge in [0.1, 0.15) is 6.61 Å². The summed E-state index contributed by atoms with van der Waals surface area (Å²) in [6.07, 6.45) is 0. The van der Waals surface area contributed by atoms with Crippen molar-refractivity contribution in [3.8, 4) is 11.3 Å². The molecular weight excluding hydrogens is 328 g/mol. The second-order valence-electron chi connectivity index (χ2n) is 7.00. The second-order valence-corrected chi connectivity index (χ2v) is 7.00. The van der Waals surface area contributed by atoms with Crippen LogP contribution in [0.4, 0.5) is 5.82 Å². The van der Waals surface area contributed by atoms with Crippen molar-refractivity contribution >= 4 is 11.7 Å². The molecule has 0 radical (unpaired) electrons. The molecule has 1 amide bonds. The Labute approximate surface area is 153 Å². The summed E-state index contributed by atoms with van der Waals surface area (Å²) in [7, 11) is 0. The number of fused-ring (bicyclic) bond motifs is 1. The molecule has 2 aliphatic rings. The standard InChI is InChI=1S/C20H24N4O2/c1-2-26-14-20(25)24-12-16-10-23(11-17(16)13-24)19-9-8-18(21-22-19)15-6-4-3-5-7-15/h3-9,16-17H,2,10-14H2,1H3. The van der Waals surface area contributed by atoms with Gasteiger partial charge >= 0.3 is 0 Å². The molecule has 4 rings (SSSR count). The largest absolute Gasteiger partial charge is 0.372 e. The monoisotopic (exact) mass is 352 g/mol. The molecule has 3 heterocycles. The maximum Gasteiger partial charge on any atom is 0.248 e. The number of nitrogens with zero attached hydrogens (tertiary/aromatic N) is 4. The number of carbonyl (C=O) groups is 1. The average molecular weight is 352 g/mol. The zero-order valence-electron chi connectivity index (χ0n) is 15.0. The highest BCUT2D eigenvalue weighted by atomic mass is 16.5. The summed E-state index contributed by atoms with van der Waals surface area (Å²) >= 11 is 0. The highest BCUT2D eigenvalue weighted by Gasteiger charge is 2.41. The normalized spacial score (nSPS) is 21.9. The lowest BCUT2D eigenvalue weighted by Gasteiger charge is -2.22. The van der Waals surface area contributed by atoms with Crippen molar-refractivity contribution in [1.82, 2.24) is 15.1 Å². The van der Waals surface area contributed by atoms with Crippen LogP contribution in [0.5, 0.6) is 0 Å². The molecule has 0 spiro atoms. The summed E-state index contributed by atoms with van der Waals surface area (Å²) in [4.78, 5) is 16.4. The summed E-state index contributed by atoms with van der Waals surface area (Å²) in [6.45, 7) is 6.20. The zero-order valence-corrected chi connectivity index (χ0v) is 15.0. The average Bonchev–Trinajstić information content (AvgIpc) is 3.26. The van der Waals surface area contributed by atoms with E-state index in [-0.39, 0.29) is 12.5 Å². The minimum Gasteiger partial charge on any atom is -0.372 e. The molecule has 2 atom stereocenters. The lowest BCUT2D eigenvalue weighted by Crippen LogP contribution is -2.35. The molecule has 0 N–H and O–H groups in total. The van der Waals surface area contributed by atoms with Crippen molar-refractivity contribution in [1.29, 1.82) is 0 Å². The molecule has 1 aromatic carbocycles. The van der Waals surface area contributed by atoms with Crippen LogP contribution in [0.15, 0.2) is 42.5 Å². The van der Waals surface area contributed by atoms with Gasteiger partial charge in [0.05, 0.1) is 5.69 Å². The van der Waals surface area contributed by atoms with Crippen LogP contribution >= 0.6 is 0 Å². The van der Waals surface area contributed by atoms with Crippen LogP contribution in [0.3, 0.4) is 0 Å². The molecule has 2 aromatic rings. The van der Waals surface area contributed by atoms with Gasteiger partial charge in [0.15, 0.2) is 5.82 Å². The Morgan fingerprint density at radius 1 is 1.04 bits per heavy atom. The van der Waals surface area contributed by atoms with E-state index in [1.54, 1.807) is 0 Å². The van der Waals surface area contributed by atoms with Crippen LogP contribution < -0.4 is 4.90 Å². The minimum absolute atomic E-state index is 0.111. The number of hydrogen-bond acceptors (Lipinski definition) is 5. The Morgan fingerprint density at radius 2 is 1.77 bits per heavy atom. The molecule has 136 valence electrons. The molecule has 6 heteroatoms. The van der Waals surface area contributed by atoms with E-state index in [0.717, 1.165) is 43.3 Å². The highest BCUT2D eigenvalue weighted by Crippen LogP contribution is 2.33. The number of amides is 1. The van der Waals surface area contributed by atoms with E-state index in [2.05, 4.69) is 15.1 Å². The Bertz CT molecular complexity index is 736. The predicted octanol–water partition coefficient (Wildman–Crippen LogP) is 2.07. The maximum atomic E-state index is 12.1. The first-order valence-electron chi connectivity index (χ1n) is 9.24. The molecular formula is C20H24N4O2. The van der Waals surface area contributed by atoms with Crippen LogP contribution in [-0.4, -0.2) is 60.4 Å². The smallest absolute Gasteiger partial charge is 0.248 e. The number of anilines is 1. The van der Waals surface area contributed by atoms with E-state index < -0.39 is 0 Å².